The lowest BCUT2D eigenvalue weighted by Crippen LogP contribution is -2.64. The molecule has 0 saturated heterocycles. The van der Waals surface area contributed by atoms with Crippen LogP contribution in [-0.2, 0) is 18.4 Å². The molecular weight excluding hydrogens is 789 g/mol. The van der Waals surface area contributed by atoms with E-state index in [1.165, 1.54) is 70.3 Å². The molecule has 0 radical (unpaired) electrons. The largest absolute Gasteiger partial charge is 0.472 e. The number of carbonyl (C=O) groups is 1. The Bertz CT molecular complexity index is 1220. The zero-order chi connectivity index (χ0) is 44.4. The van der Waals surface area contributed by atoms with Crippen LogP contribution in [0.15, 0.2) is 48.6 Å². The van der Waals surface area contributed by atoms with Crippen molar-refractivity contribution in [2.75, 3.05) is 6.61 Å². The Morgan fingerprint density at radius 2 is 1.03 bits per heavy atom. The Morgan fingerprint density at radius 1 is 0.600 bits per heavy atom. The highest BCUT2D eigenvalue weighted by molar-refractivity contribution is 7.47. The molecule has 0 aromatic rings. The van der Waals surface area contributed by atoms with Crippen molar-refractivity contribution in [1.29, 1.82) is 0 Å². The molecule has 14 heteroatoms. The highest BCUT2D eigenvalue weighted by Gasteiger charge is 2.51. The highest BCUT2D eigenvalue weighted by atomic mass is 31.2. The monoisotopic (exact) mass is 874 g/mol. The van der Waals surface area contributed by atoms with Gasteiger partial charge in [-0.15, -0.1) is 0 Å². The van der Waals surface area contributed by atoms with Gasteiger partial charge < -0.3 is 46.0 Å². The molecule has 1 amide bonds. The molecule has 1 fully saturated rings. The van der Waals surface area contributed by atoms with Crippen molar-refractivity contribution in [3.63, 3.8) is 0 Å². The van der Waals surface area contributed by atoms with Crippen LogP contribution in [0.2, 0.25) is 0 Å². The van der Waals surface area contributed by atoms with E-state index in [2.05, 4.69) is 49.5 Å². The maximum absolute atomic E-state index is 12.9. The number of rotatable bonds is 37. The quantitative estimate of drug-likeness (QED) is 0.0168. The first-order valence-corrected chi connectivity index (χ1v) is 24.7. The van der Waals surface area contributed by atoms with Crippen molar-refractivity contribution in [2.24, 2.45) is 0 Å². The summed E-state index contributed by atoms with van der Waals surface area (Å²) in [6, 6.07) is -1.26. The van der Waals surface area contributed by atoms with Crippen molar-refractivity contribution in [3.05, 3.63) is 48.6 Å². The van der Waals surface area contributed by atoms with Gasteiger partial charge in [-0.05, 0) is 64.2 Å². The van der Waals surface area contributed by atoms with E-state index in [-0.39, 0.29) is 6.42 Å². The predicted octanol–water partition coefficient (Wildman–Crippen LogP) is 7.53. The highest BCUT2D eigenvalue weighted by Crippen LogP contribution is 2.47. The average Bonchev–Trinajstić information content (AvgIpc) is 3.22. The molecule has 0 aliphatic heterocycles. The minimum absolute atomic E-state index is 0.264. The first-order chi connectivity index (χ1) is 28.8. The summed E-state index contributed by atoms with van der Waals surface area (Å²) in [5.74, 6) is -0.615. The van der Waals surface area contributed by atoms with Crippen LogP contribution in [0.25, 0.3) is 0 Å². The summed E-state index contributed by atoms with van der Waals surface area (Å²) in [4.78, 5) is 23.3. The van der Waals surface area contributed by atoms with E-state index >= 15 is 0 Å². The Labute approximate surface area is 361 Å². The zero-order valence-electron chi connectivity index (χ0n) is 36.9. The van der Waals surface area contributed by atoms with Crippen molar-refractivity contribution in [3.8, 4) is 0 Å². The summed E-state index contributed by atoms with van der Waals surface area (Å²) < 4.78 is 22.8. The lowest BCUT2D eigenvalue weighted by molar-refractivity contribution is -0.220. The van der Waals surface area contributed by atoms with Crippen molar-refractivity contribution in [1.82, 2.24) is 5.32 Å². The molecule has 9 N–H and O–H groups in total. The number of phosphoric acid groups is 1. The number of unbranched alkanes of at least 4 members (excludes halogenated alkanes) is 18. The van der Waals surface area contributed by atoms with Gasteiger partial charge in [-0.3, -0.25) is 13.8 Å². The van der Waals surface area contributed by atoms with E-state index in [0.717, 1.165) is 77.0 Å². The molecule has 60 heavy (non-hydrogen) atoms. The Morgan fingerprint density at radius 3 is 1.60 bits per heavy atom. The van der Waals surface area contributed by atoms with Gasteiger partial charge in [-0.1, -0.05) is 152 Å². The van der Waals surface area contributed by atoms with Crippen LogP contribution in [0, 0.1) is 0 Å². The summed E-state index contributed by atoms with van der Waals surface area (Å²) in [5, 5.41) is 74.2. The van der Waals surface area contributed by atoms with Gasteiger partial charge in [0.15, 0.2) is 0 Å². The molecule has 0 aromatic carbocycles. The number of aliphatic hydroxyl groups excluding tert-OH is 7. The Balaban J connectivity index is 2.46. The summed E-state index contributed by atoms with van der Waals surface area (Å²) in [6.45, 7) is 3.65. The number of aliphatic hydroxyl groups is 7. The molecule has 0 bridgehead atoms. The van der Waals surface area contributed by atoms with Crippen molar-refractivity contribution >= 4 is 13.7 Å². The van der Waals surface area contributed by atoms with Crippen LogP contribution >= 0.6 is 7.82 Å². The Kier molecular flexibility index (Phi) is 33.5. The van der Waals surface area contributed by atoms with Crippen LogP contribution in [0.3, 0.4) is 0 Å². The fraction of sp³-hybridized carbons (Fsp3) is 0.804. The van der Waals surface area contributed by atoms with E-state index in [1.54, 1.807) is 6.08 Å². The number of hydrogen-bond donors (Lipinski definition) is 9. The third kappa shape index (κ3) is 27.3. The summed E-state index contributed by atoms with van der Waals surface area (Å²) in [7, 11) is -5.15. The van der Waals surface area contributed by atoms with Gasteiger partial charge in [0.1, 0.15) is 36.6 Å². The van der Waals surface area contributed by atoms with Gasteiger partial charge in [0.2, 0.25) is 5.91 Å². The normalized spacial score (nSPS) is 23.8. The second kappa shape index (κ2) is 35.7. The lowest BCUT2D eigenvalue weighted by atomic mass is 9.85. The number of hydrogen-bond acceptors (Lipinski definition) is 11. The molecule has 0 spiro atoms. The fourth-order valence-corrected chi connectivity index (χ4v) is 8.02. The number of carbonyl (C=O) groups excluding carboxylic acids is 1. The molecule has 13 nitrogen and oxygen atoms in total. The maximum Gasteiger partial charge on any atom is 0.472 e. The van der Waals surface area contributed by atoms with E-state index in [1.807, 2.05) is 6.08 Å². The summed E-state index contributed by atoms with van der Waals surface area (Å²) >= 11 is 0. The zero-order valence-corrected chi connectivity index (χ0v) is 37.8. The third-order valence-electron chi connectivity index (χ3n) is 10.9. The Hall–Kier alpha value is -1.74. The minimum atomic E-state index is -5.15. The smallest absolute Gasteiger partial charge is 0.393 e. The standard InChI is InChI=1S/C46H84NO12P/c1-3-5-7-9-11-13-14-15-16-17-18-19-20-21-22-23-24-26-27-29-31-33-37(48)35-40(50)47-38(39(49)34-32-30-28-25-12-10-8-6-4-2)36-58-60(56,57)59-46-44(54)42(52)41(51)43(53)45(46)55/h12,18-19,21-22,25,32,34,37-39,41-46,48-49,51-55H,3-11,13-17,20,23-24,26-31,33,35-36H2,1-2H3,(H,47,50)(H,56,57)/b19-18-,22-21-,25-12+,34-32+. The first kappa shape index (κ1) is 56.3. The average molecular weight is 874 g/mol. The van der Waals surface area contributed by atoms with Crippen molar-refractivity contribution < 1.29 is 59.0 Å². The third-order valence-corrected chi connectivity index (χ3v) is 11.9. The molecule has 1 saturated carbocycles. The molecule has 350 valence electrons. The van der Waals surface area contributed by atoms with Crippen molar-refractivity contribution in [2.45, 2.75) is 229 Å². The number of phosphoric ester groups is 1. The molecule has 0 heterocycles. The van der Waals surface area contributed by atoms with Gasteiger partial charge in [0.25, 0.3) is 0 Å². The van der Waals surface area contributed by atoms with Gasteiger partial charge in [0.05, 0.1) is 31.3 Å². The van der Waals surface area contributed by atoms with Gasteiger partial charge in [-0.2, -0.15) is 0 Å². The lowest BCUT2D eigenvalue weighted by Gasteiger charge is -2.41. The van der Waals surface area contributed by atoms with Gasteiger partial charge >= 0.3 is 7.82 Å². The van der Waals surface area contributed by atoms with Crippen LogP contribution in [-0.4, -0.2) is 108 Å². The summed E-state index contributed by atoms with van der Waals surface area (Å²) in [6.07, 6.45) is 28.1. The molecule has 8 atom stereocenters. The van der Waals surface area contributed by atoms with E-state index < -0.39 is 75.2 Å². The number of amides is 1. The SMILES string of the molecule is CCCCC/C=C/CC/C=C/C(O)C(COP(=O)(O)OC1C(O)C(O)C(O)C(O)C1O)NC(=O)CC(O)CCCCCCC/C=C\C/C=C\CCCCCCCCCCC. The number of nitrogens with one attached hydrogen (secondary N) is 1. The van der Waals surface area contributed by atoms with Crippen LogP contribution < -0.4 is 5.32 Å². The van der Waals surface area contributed by atoms with Gasteiger partial charge in [0, 0.05) is 0 Å². The molecule has 0 aromatic heterocycles. The van der Waals surface area contributed by atoms with Crippen LogP contribution in [0.4, 0.5) is 0 Å². The second-order valence-corrected chi connectivity index (χ2v) is 17.8. The van der Waals surface area contributed by atoms with E-state index in [9.17, 15) is 50.0 Å². The first-order valence-electron chi connectivity index (χ1n) is 23.2. The maximum atomic E-state index is 12.9. The van der Waals surface area contributed by atoms with E-state index in [4.69, 9.17) is 9.05 Å². The molecule has 8 unspecified atom stereocenters. The molecule has 1 aliphatic carbocycles. The molecule has 1 rings (SSSR count). The second-order valence-electron chi connectivity index (χ2n) is 16.4. The van der Waals surface area contributed by atoms with Crippen LogP contribution in [0.5, 0.6) is 0 Å². The fourth-order valence-electron chi connectivity index (χ4n) is 7.05. The van der Waals surface area contributed by atoms with E-state index in [0.29, 0.717) is 12.8 Å². The minimum Gasteiger partial charge on any atom is -0.393 e. The predicted molar refractivity (Wildman–Crippen MR) is 238 cm³/mol. The summed E-state index contributed by atoms with van der Waals surface area (Å²) in [5.41, 5.74) is 0. The topological polar surface area (TPSA) is 226 Å². The van der Waals surface area contributed by atoms with Crippen LogP contribution in [0.1, 0.15) is 174 Å². The van der Waals surface area contributed by atoms with Gasteiger partial charge in [-0.25, -0.2) is 4.57 Å². The molecule has 1 aliphatic rings. The number of allylic oxidation sites excluding steroid dienone is 7. The molecular formula is C46H84NO12P.